The van der Waals surface area contributed by atoms with Gasteiger partial charge in [-0.1, -0.05) is 0 Å². The molecule has 0 aromatic carbocycles. The molecule has 8 heteroatoms. The second-order valence-electron chi connectivity index (χ2n) is 6.67. The van der Waals surface area contributed by atoms with E-state index in [2.05, 4.69) is 47.1 Å². The van der Waals surface area contributed by atoms with Crippen molar-refractivity contribution in [1.29, 1.82) is 0 Å². The Hall–Kier alpha value is -1.77. The molecule has 1 atom stereocenters. The van der Waals surface area contributed by atoms with Gasteiger partial charge in [0, 0.05) is 55.6 Å². The number of aromatic nitrogens is 3. The fourth-order valence-electron chi connectivity index (χ4n) is 3.39. The van der Waals surface area contributed by atoms with Gasteiger partial charge >= 0.3 is 0 Å². The molecule has 7 nitrogen and oxygen atoms in total. The van der Waals surface area contributed by atoms with E-state index in [1.807, 2.05) is 24.5 Å². The summed E-state index contributed by atoms with van der Waals surface area (Å²) < 4.78 is 6.43. The van der Waals surface area contributed by atoms with E-state index in [4.69, 9.17) is 9.72 Å². The molecule has 0 saturated carbocycles. The van der Waals surface area contributed by atoms with E-state index in [1.165, 1.54) is 0 Å². The van der Waals surface area contributed by atoms with Crippen LogP contribution in [0.4, 0.5) is 11.8 Å². The van der Waals surface area contributed by atoms with E-state index in [0.717, 1.165) is 68.3 Å². The first-order valence-electron chi connectivity index (χ1n) is 9.01. The van der Waals surface area contributed by atoms with Gasteiger partial charge in [-0.25, -0.2) is 4.98 Å². The molecular weight excluding hydrogens is 396 g/mol. The van der Waals surface area contributed by atoms with Crippen LogP contribution in [0.15, 0.2) is 35.1 Å². The van der Waals surface area contributed by atoms with Crippen molar-refractivity contribution < 1.29 is 4.74 Å². The number of likely N-dealkylation sites (tertiary alicyclic amines) is 1. The van der Waals surface area contributed by atoms with Gasteiger partial charge < -0.3 is 15.0 Å². The molecule has 0 amide bonds. The number of hydrogen-bond acceptors (Lipinski definition) is 7. The Labute approximate surface area is 161 Å². The second-order valence-corrected chi connectivity index (χ2v) is 7.59. The van der Waals surface area contributed by atoms with Gasteiger partial charge in [-0.05, 0) is 40.5 Å². The minimum Gasteiger partial charge on any atom is -0.378 e. The molecule has 0 bridgehead atoms. The number of rotatable bonds is 5. The standard InChI is InChI=1S/C18H23BrN6O/c19-14-1-2-15(21-11-14)12-24-6-4-16(13-24)22-18-20-5-3-17(23-18)25-7-9-26-10-8-25/h1-3,5,11,16H,4,6-10,12-13H2,(H,20,22,23). The minimum absolute atomic E-state index is 0.366. The van der Waals surface area contributed by atoms with E-state index >= 15 is 0 Å². The van der Waals surface area contributed by atoms with Crippen molar-refractivity contribution in [1.82, 2.24) is 19.9 Å². The monoisotopic (exact) mass is 418 g/mol. The maximum Gasteiger partial charge on any atom is 0.224 e. The number of nitrogens with zero attached hydrogens (tertiary/aromatic N) is 5. The lowest BCUT2D eigenvalue weighted by molar-refractivity contribution is 0.122. The lowest BCUT2D eigenvalue weighted by Crippen LogP contribution is -2.37. The van der Waals surface area contributed by atoms with E-state index in [1.54, 1.807) is 0 Å². The fourth-order valence-corrected chi connectivity index (χ4v) is 3.63. The van der Waals surface area contributed by atoms with Crippen molar-refractivity contribution in [2.24, 2.45) is 0 Å². The fraction of sp³-hybridized carbons (Fsp3) is 0.500. The van der Waals surface area contributed by atoms with Gasteiger partial charge in [-0.15, -0.1) is 0 Å². The van der Waals surface area contributed by atoms with Crippen LogP contribution in [0.3, 0.4) is 0 Å². The zero-order valence-electron chi connectivity index (χ0n) is 14.6. The summed E-state index contributed by atoms with van der Waals surface area (Å²) in [6, 6.07) is 6.44. The van der Waals surface area contributed by atoms with Gasteiger partial charge in [0.15, 0.2) is 0 Å². The lowest BCUT2D eigenvalue weighted by atomic mass is 10.3. The van der Waals surface area contributed by atoms with Crippen LogP contribution in [0.5, 0.6) is 0 Å². The van der Waals surface area contributed by atoms with E-state index in [-0.39, 0.29) is 0 Å². The normalized spacial score (nSPS) is 21.1. The number of anilines is 2. The molecule has 4 heterocycles. The highest BCUT2D eigenvalue weighted by molar-refractivity contribution is 9.10. The summed E-state index contributed by atoms with van der Waals surface area (Å²) in [6.45, 7) is 6.19. The van der Waals surface area contributed by atoms with Gasteiger partial charge in [-0.2, -0.15) is 4.98 Å². The molecule has 2 aromatic rings. The number of halogens is 1. The maximum absolute atomic E-state index is 5.41. The van der Waals surface area contributed by atoms with Crippen molar-refractivity contribution in [2.45, 2.75) is 19.0 Å². The highest BCUT2D eigenvalue weighted by Crippen LogP contribution is 2.18. The Balaban J connectivity index is 1.32. The summed E-state index contributed by atoms with van der Waals surface area (Å²) >= 11 is 3.43. The molecule has 2 aliphatic heterocycles. The molecule has 2 saturated heterocycles. The third-order valence-corrected chi connectivity index (χ3v) is 5.22. The number of nitrogens with one attached hydrogen (secondary N) is 1. The van der Waals surface area contributed by atoms with Gasteiger partial charge in [0.1, 0.15) is 5.82 Å². The Kier molecular flexibility index (Phi) is 5.62. The summed E-state index contributed by atoms with van der Waals surface area (Å²) in [5.41, 5.74) is 1.10. The third-order valence-electron chi connectivity index (χ3n) is 4.76. The average molecular weight is 419 g/mol. The van der Waals surface area contributed by atoms with Crippen LogP contribution in [0, 0.1) is 0 Å². The van der Waals surface area contributed by atoms with Crippen LogP contribution >= 0.6 is 15.9 Å². The van der Waals surface area contributed by atoms with Crippen molar-refractivity contribution >= 4 is 27.7 Å². The zero-order valence-corrected chi connectivity index (χ0v) is 16.2. The zero-order chi connectivity index (χ0) is 17.8. The highest BCUT2D eigenvalue weighted by Gasteiger charge is 2.23. The average Bonchev–Trinajstić information content (AvgIpc) is 3.11. The number of ether oxygens (including phenoxy) is 1. The molecule has 0 spiro atoms. The largest absolute Gasteiger partial charge is 0.378 e. The first-order valence-corrected chi connectivity index (χ1v) is 9.80. The summed E-state index contributed by atoms with van der Waals surface area (Å²) in [7, 11) is 0. The minimum atomic E-state index is 0.366. The summed E-state index contributed by atoms with van der Waals surface area (Å²) in [6.07, 6.45) is 4.77. The topological polar surface area (TPSA) is 66.4 Å². The molecule has 2 aromatic heterocycles. The van der Waals surface area contributed by atoms with Gasteiger partial charge in [0.25, 0.3) is 0 Å². The smallest absolute Gasteiger partial charge is 0.224 e. The summed E-state index contributed by atoms with van der Waals surface area (Å²) in [5, 5.41) is 3.50. The SMILES string of the molecule is Brc1ccc(CN2CCC(Nc3nccc(N4CCOCC4)n3)C2)nc1. The van der Waals surface area contributed by atoms with Crippen LogP contribution in [0.25, 0.3) is 0 Å². The second kappa shape index (κ2) is 8.28. The Morgan fingerprint density at radius 1 is 1.15 bits per heavy atom. The summed E-state index contributed by atoms with van der Waals surface area (Å²) in [5.74, 6) is 1.68. The molecular formula is C18H23BrN6O. The molecule has 0 radical (unpaired) electrons. The van der Waals surface area contributed by atoms with E-state index in [9.17, 15) is 0 Å². The molecule has 138 valence electrons. The number of hydrogen-bond donors (Lipinski definition) is 1. The van der Waals surface area contributed by atoms with Gasteiger partial charge in [0.05, 0.1) is 18.9 Å². The van der Waals surface area contributed by atoms with Gasteiger partial charge in [-0.3, -0.25) is 9.88 Å². The quantitative estimate of drug-likeness (QED) is 0.797. The Morgan fingerprint density at radius 2 is 2.04 bits per heavy atom. The molecule has 2 fully saturated rings. The van der Waals surface area contributed by atoms with Crippen molar-refractivity contribution in [3.63, 3.8) is 0 Å². The lowest BCUT2D eigenvalue weighted by Gasteiger charge is -2.28. The highest BCUT2D eigenvalue weighted by atomic mass is 79.9. The molecule has 0 aliphatic carbocycles. The molecule has 2 aliphatic rings. The summed E-state index contributed by atoms with van der Waals surface area (Å²) in [4.78, 5) is 18.2. The van der Waals surface area contributed by atoms with Crippen LogP contribution in [0.2, 0.25) is 0 Å². The molecule has 1 N–H and O–H groups in total. The van der Waals surface area contributed by atoms with Crippen LogP contribution < -0.4 is 10.2 Å². The van der Waals surface area contributed by atoms with Crippen LogP contribution in [-0.2, 0) is 11.3 Å². The molecule has 26 heavy (non-hydrogen) atoms. The first kappa shape index (κ1) is 17.6. The Bertz CT molecular complexity index is 722. The van der Waals surface area contributed by atoms with Crippen LogP contribution in [0.1, 0.15) is 12.1 Å². The molecule has 4 rings (SSSR count). The van der Waals surface area contributed by atoms with Crippen molar-refractivity contribution in [3.05, 3.63) is 40.8 Å². The predicted octanol–water partition coefficient (Wildman–Crippen LogP) is 2.16. The van der Waals surface area contributed by atoms with E-state index < -0.39 is 0 Å². The number of pyridine rings is 1. The predicted molar refractivity (Wildman–Crippen MR) is 104 cm³/mol. The van der Waals surface area contributed by atoms with Crippen molar-refractivity contribution in [2.75, 3.05) is 49.6 Å². The third kappa shape index (κ3) is 4.49. The Morgan fingerprint density at radius 3 is 2.85 bits per heavy atom. The van der Waals surface area contributed by atoms with Gasteiger partial charge in [0.2, 0.25) is 5.95 Å². The number of morpholine rings is 1. The first-order chi connectivity index (χ1) is 12.8. The maximum atomic E-state index is 5.41. The van der Waals surface area contributed by atoms with Crippen LogP contribution in [-0.4, -0.2) is 65.3 Å². The van der Waals surface area contributed by atoms with E-state index in [0.29, 0.717) is 12.0 Å². The van der Waals surface area contributed by atoms with Crippen molar-refractivity contribution in [3.8, 4) is 0 Å². The molecule has 1 unspecified atom stereocenters.